The average Bonchev–Trinajstić information content (AvgIpc) is 2.79. The number of aliphatic hydroxyl groups is 1. The number of hydrogen-bond donors (Lipinski definition) is 1. The molecule has 0 aliphatic heterocycles. The smallest absolute Gasteiger partial charge is 0.416 e. The first-order chi connectivity index (χ1) is 16.5. The van der Waals surface area contributed by atoms with Gasteiger partial charge in [-0.2, -0.15) is 26.3 Å². The molecule has 0 spiro atoms. The summed E-state index contributed by atoms with van der Waals surface area (Å²) < 4.78 is 83.1. The van der Waals surface area contributed by atoms with Gasteiger partial charge in [0, 0.05) is 18.3 Å². The number of halogens is 6. The molecule has 0 radical (unpaired) electrons. The van der Waals surface area contributed by atoms with Crippen LogP contribution >= 0.6 is 0 Å². The molecule has 0 fully saturated rings. The number of hydrogen-bond acceptors (Lipinski definition) is 3. The van der Waals surface area contributed by atoms with Gasteiger partial charge in [-0.25, -0.2) is 0 Å². The molecule has 3 nitrogen and oxygen atoms in total. The van der Waals surface area contributed by atoms with Crippen LogP contribution < -0.4 is 9.64 Å². The van der Waals surface area contributed by atoms with E-state index >= 15 is 0 Å². The Balaban J connectivity index is 0.00000210. The van der Waals surface area contributed by atoms with Gasteiger partial charge in [0.1, 0.15) is 11.5 Å². The second kappa shape index (κ2) is 12.5. The first kappa shape index (κ1) is 28.0. The summed E-state index contributed by atoms with van der Waals surface area (Å²) in [5.74, 6) is 0.882. The summed E-state index contributed by atoms with van der Waals surface area (Å²) in [5.41, 5.74) is 0.686. The van der Waals surface area contributed by atoms with Crippen LogP contribution in [0.3, 0.4) is 0 Å². The first-order valence-electron chi connectivity index (χ1n) is 11.0. The summed E-state index contributed by atoms with van der Waals surface area (Å²) in [4.78, 5) is 1.25. The molecule has 1 unspecified atom stereocenters. The Hall–Kier alpha value is -3.20. The third-order valence-corrected chi connectivity index (χ3v) is 4.70. The fourth-order valence-electron chi connectivity index (χ4n) is 3.23. The zero-order valence-electron chi connectivity index (χ0n) is 19.3. The number of alkyl halides is 6. The van der Waals surface area contributed by atoms with E-state index in [2.05, 4.69) is 0 Å². The molecule has 0 heterocycles. The number of para-hydroxylation sites is 1. The van der Waals surface area contributed by atoms with Crippen molar-refractivity contribution >= 4 is 5.69 Å². The van der Waals surface area contributed by atoms with E-state index < -0.39 is 31.4 Å². The van der Waals surface area contributed by atoms with Crippen molar-refractivity contribution in [3.05, 3.63) is 90.0 Å². The molecular weight excluding hydrogens is 472 g/mol. The van der Waals surface area contributed by atoms with Crippen LogP contribution in [0.25, 0.3) is 0 Å². The third kappa shape index (κ3) is 9.52. The molecule has 0 saturated heterocycles. The van der Waals surface area contributed by atoms with Gasteiger partial charge in [0.05, 0.1) is 13.0 Å². The zero-order valence-corrected chi connectivity index (χ0v) is 19.3. The lowest BCUT2D eigenvalue weighted by molar-refractivity contribution is -0.200. The van der Waals surface area contributed by atoms with E-state index in [1.807, 2.05) is 13.8 Å². The van der Waals surface area contributed by atoms with Crippen LogP contribution in [0.15, 0.2) is 78.9 Å². The zero-order chi connectivity index (χ0) is 26.1. The van der Waals surface area contributed by atoms with Gasteiger partial charge in [0.2, 0.25) is 0 Å². The molecule has 3 aromatic carbocycles. The Morgan fingerprint density at radius 3 is 2.00 bits per heavy atom. The SMILES string of the molecule is CC.OC(CN(Cc1cccc(CC(F)(F)F)c1)c1cccc(Oc2ccccc2)c1)C(F)(F)F. The van der Waals surface area contributed by atoms with E-state index in [9.17, 15) is 31.4 Å². The molecule has 3 rings (SSSR count). The highest BCUT2D eigenvalue weighted by molar-refractivity contribution is 5.52. The Morgan fingerprint density at radius 2 is 1.37 bits per heavy atom. The highest BCUT2D eigenvalue weighted by Crippen LogP contribution is 2.29. The van der Waals surface area contributed by atoms with Gasteiger partial charge in [-0.15, -0.1) is 0 Å². The van der Waals surface area contributed by atoms with Crippen LogP contribution in [0.5, 0.6) is 11.5 Å². The van der Waals surface area contributed by atoms with Crippen LogP contribution in [0.4, 0.5) is 32.0 Å². The van der Waals surface area contributed by atoms with Gasteiger partial charge >= 0.3 is 12.4 Å². The summed E-state index contributed by atoms with van der Waals surface area (Å²) in [6.45, 7) is 3.05. The minimum Gasteiger partial charge on any atom is -0.457 e. The largest absolute Gasteiger partial charge is 0.457 e. The molecule has 3 aromatic rings. The molecule has 0 amide bonds. The van der Waals surface area contributed by atoms with Crippen LogP contribution in [-0.2, 0) is 13.0 Å². The Kier molecular flexibility index (Phi) is 10.0. The van der Waals surface area contributed by atoms with Gasteiger partial charge in [-0.3, -0.25) is 0 Å². The maximum atomic E-state index is 13.1. The van der Waals surface area contributed by atoms with Gasteiger partial charge in [0.25, 0.3) is 0 Å². The van der Waals surface area contributed by atoms with E-state index in [4.69, 9.17) is 4.74 Å². The van der Waals surface area contributed by atoms with Crippen LogP contribution in [-0.4, -0.2) is 30.1 Å². The minimum absolute atomic E-state index is 0.00233. The van der Waals surface area contributed by atoms with Gasteiger partial charge < -0.3 is 14.7 Å². The second-order valence-corrected chi connectivity index (χ2v) is 7.46. The van der Waals surface area contributed by atoms with Gasteiger partial charge in [-0.1, -0.05) is 62.4 Å². The fourth-order valence-corrected chi connectivity index (χ4v) is 3.23. The number of ether oxygens (including phenoxy) is 1. The molecular formula is C26H27F6NO2. The lowest BCUT2D eigenvalue weighted by Gasteiger charge is -2.29. The summed E-state index contributed by atoms with van der Waals surface area (Å²) in [6.07, 6.45) is -13.1. The van der Waals surface area contributed by atoms with Crippen molar-refractivity contribution in [2.75, 3.05) is 11.4 Å². The monoisotopic (exact) mass is 499 g/mol. The van der Waals surface area contributed by atoms with Crippen molar-refractivity contribution in [3.63, 3.8) is 0 Å². The summed E-state index contributed by atoms with van der Waals surface area (Å²) in [7, 11) is 0. The predicted molar refractivity (Wildman–Crippen MR) is 124 cm³/mol. The maximum absolute atomic E-state index is 13.1. The second-order valence-electron chi connectivity index (χ2n) is 7.46. The molecule has 9 heteroatoms. The standard InChI is InChI=1S/C24H21F6NO2.C2H6/c25-23(26,27)14-17-6-4-7-18(12-17)15-31(16-22(32)24(28,29)30)19-8-5-11-21(13-19)33-20-9-2-1-3-10-20;1-2/h1-13,22,32H,14-16H2;1-2H3. The lowest BCUT2D eigenvalue weighted by atomic mass is 10.1. The van der Waals surface area contributed by atoms with Crippen molar-refractivity contribution in [3.8, 4) is 11.5 Å². The molecule has 0 bridgehead atoms. The van der Waals surface area contributed by atoms with Gasteiger partial charge in [0.15, 0.2) is 6.10 Å². The molecule has 0 aliphatic carbocycles. The molecule has 0 saturated carbocycles. The Morgan fingerprint density at radius 1 is 0.771 bits per heavy atom. The molecule has 1 N–H and O–H groups in total. The van der Waals surface area contributed by atoms with Gasteiger partial charge in [-0.05, 0) is 35.4 Å². The Bertz CT molecular complexity index is 1040. The molecule has 35 heavy (non-hydrogen) atoms. The number of aliphatic hydroxyl groups excluding tert-OH is 1. The number of nitrogens with zero attached hydrogens (tertiary/aromatic N) is 1. The topological polar surface area (TPSA) is 32.7 Å². The molecule has 0 aliphatic rings. The van der Waals surface area contributed by atoms with E-state index in [1.165, 1.54) is 35.2 Å². The number of rotatable bonds is 8. The normalized spacial score (nSPS) is 12.4. The summed E-state index contributed by atoms with van der Waals surface area (Å²) in [6, 6.07) is 20.6. The van der Waals surface area contributed by atoms with Crippen LogP contribution in [0, 0.1) is 0 Å². The van der Waals surface area contributed by atoms with Crippen LogP contribution in [0.2, 0.25) is 0 Å². The minimum atomic E-state index is -4.85. The van der Waals surface area contributed by atoms with Crippen molar-refractivity contribution < 1.29 is 36.2 Å². The first-order valence-corrected chi connectivity index (χ1v) is 11.0. The Labute approximate surface area is 200 Å². The average molecular weight is 499 g/mol. The van der Waals surface area contributed by atoms with Crippen molar-refractivity contribution in [1.82, 2.24) is 0 Å². The van der Waals surface area contributed by atoms with Crippen LogP contribution in [0.1, 0.15) is 25.0 Å². The highest BCUT2D eigenvalue weighted by atomic mass is 19.4. The van der Waals surface area contributed by atoms with E-state index in [0.717, 1.165) is 0 Å². The summed E-state index contributed by atoms with van der Waals surface area (Å²) in [5, 5.41) is 9.66. The number of benzene rings is 3. The highest BCUT2D eigenvalue weighted by Gasteiger charge is 2.39. The lowest BCUT2D eigenvalue weighted by Crippen LogP contribution is -2.40. The summed E-state index contributed by atoms with van der Waals surface area (Å²) >= 11 is 0. The quantitative estimate of drug-likeness (QED) is 0.325. The number of anilines is 1. The fraction of sp³-hybridized carbons (Fsp3) is 0.308. The molecule has 190 valence electrons. The van der Waals surface area contributed by atoms with Crippen molar-refractivity contribution in [1.29, 1.82) is 0 Å². The van der Waals surface area contributed by atoms with Crippen molar-refractivity contribution in [2.24, 2.45) is 0 Å². The third-order valence-electron chi connectivity index (χ3n) is 4.70. The van der Waals surface area contributed by atoms with E-state index in [1.54, 1.807) is 48.5 Å². The molecule has 1 atom stereocenters. The van der Waals surface area contributed by atoms with E-state index in [0.29, 0.717) is 22.7 Å². The molecule has 0 aromatic heterocycles. The predicted octanol–water partition coefficient (Wildman–Crippen LogP) is 7.54. The maximum Gasteiger partial charge on any atom is 0.416 e. The van der Waals surface area contributed by atoms with E-state index in [-0.39, 0.29) is 12.1 Å². The van der Waals surface area contributed by atoms with Crippen molar-refractivity contribution in [2.45, 2.75) is 45.3 Å².